The number of hydrogen-bond donors (Lipinski definition) is 0. The minimum atomic E-state index is -0.917. The van der Waals surface area contributed by atoms with E-state index in [9.17, 15) is 9.59 Å². The fourth-order valence-electron chi connectivity index (χ4n) is 2.69. The van der Waals surface area contributed by atoms with Crippen molar-refractivity contribution >= 4 is 24.1 Å². The second-order valence-electron chi connectivity index (χ2n) is 6.45. The third-order valence-electron chi connectivity index (χ3n) is 4.31. The third-order valence-corrected chi connectivity index (χ3v) is 4.31. The molecule has 0 aliphatic heterocycles. The topological polar surface area (TPSA) is 52.6 Å². The second kappa shape index (κ2) is 10.9. The van der Waals surface area contributed by atoms with Gasteiger partial charge in [-0.1, -0.05) is 81.1 Å². The van der Waals surface area contributed by atoms with E-state index >= 15 is 0 Å². The first-order valence-electron chi connectivity index (χ1n) is 9.33. The van der Waals surface area contributed by atoms with Crippen molar-refractivity contribution in [2.45, 2.75) is 33.0 Å². The summed E-state index contributed by atoms with van der Waals surface area (Å²) in [6.45, 7) is 9.57. The van der Waals surface area contributed by atoms with Gasteiger partial charge in [-0.25, -0.2) is 0 Å². The number of carbonyl (C=O) groups excluding carboxylic acids is 2. The predicted molar refractivity (Wildman–Crippen MR) is 111 cm³/mol. The van der Waals surface area contributed by atoms with Gasteiger partial charge in [0.1, 0.15) is 13.2 Å². The van der Waals surface area contributed by atoms with E-state index in [1.807, 2.05) is 55.5 Å². The third kappa shape index (κ3) is 6.23. The Morgan fingerprint density at radius 3 is 2.07 bits per heavy atom. The highest BCUT2D eigenvalue weighted by Gasteiger charge is 2.29. The van der Waals surface area contributed by atoms with Crippen LogP contribution in [0.15, 0.2) is 61.7 Å². The lowest BCUT2D eigenvalue weighted by Gasteiger charge is -2.15. The number of benzene rings is 2. The molecule has 0 aliphatic rings. The average Bonchev–Trinajstić information content (AvgIpc) is 2.74. The van der Waals surface area contributed by atoms with E-state index in [4.69, 9.17) is 9.47 Å². The van der Waals surface area contributed by atoms with Gasteiger partial charge in [-0.15, -0.1) is 0 Å². The van der Waals surface area contributed by atoms with Gasteiger partial charge in [0.2, 0.25) is 0 Å². The van der Waals surface area contributed by atoms with Crippen LogP contribution in [0.4, 0.5) is 0 Å². The normalized spacial score (nSPS) is 11.3. The van der Waals surface area contributed by atoms with Crippen molar-refractivity contribution < 1.29 is 19.1 Å². The molecule has 0 aliphatic carbocycles. The van der Waals surface area contributed by atoms with Crippen molar-refractivity contribution in [3.05, 3.63) is 83.9 Å². The maximum absolute atomic E-state index is 12.4. The molecule has 1 unspecified atom stereocenters. The van der Waals surface area contributed by atoms with Crippen LogP contribution in [0.25, 0.3) is 12.2 Å². The second-order valence-corrected chi connectivity index (χ2v) is 6.45. The first kappa shape index (κ1) is 21.2. The van der Waals surface area contributed by atoms with E-state index in [0.717, 1.165) is 22.3 Å². The molecule has 4 heteroatoms. The summed E-state index contributed by atoms with van der Waals surface area (Å²) in [5.41, 5.74) is 3.63. The van der Waals surface area contributed by atoms with E-state index < -0.39 is 17.9 Å². The predicted octanol–water partition coefficient (Wildman–Crippen LogP) is 5.18. The Kier molecular flexibility index (Phi) is 8.22. The first-order valence-corrected chi connectivity index (χ1v) is 9.33. The fourth-order valence-corrected chi connectivity index (χ4v) is 2.69. The molecule has 0 aromatic heterocycles. The molecule has 2 rings (SSSR count). The number of ether oxygens (including phenoxy) is 2. The molecule has 2 aromatic rings. The molecule has 0 heterocycles. The van der Waals surface area contributed by atoms with Gasteiger partial charge in [0.15, 0.2) is 5.92 Å². The van der Waals surface area contributed by atoms with Crippen LogP contribution in [0.5, 0.6) is 0 Å². The van der Waals surface area contributed by atoms with Crippen LogP contribution in [0.2, 0.25) is 0 Å². The van der Waals surface area contributed by atoms with Crippen molar-refractivity contribution in [1.82, 2.24) is 0 Å². The summed E-state index contributed by atoms with van der Waals surface area (Å²) in [5, 5.41) is 0. The average molecular weight is 378 g/mol. The number of carbonyl (C=O) groups is 2. The summed E-state index contributed by atoms with van der Waals surface area (Å²) in [5.74, 6) is -2.03. The molecule has 0 radical (unpaired) electrons. The molecule has 4 nitrogen and oxygen atoms in total. The van der Waals surface area contributed by atoms with Crippen molar-refractivity contribution in [2.75, 3.05) is 0 Å². The molecule has 0 saturated carbocycles. The van der Waals surface area contributed by atoms with E-state index in [0.29, 0.717) is 12.8 Å². The molecular weight excluding hydrogens is 352 g/mol. The maximum atomic E-state index is 12.4. The van der Waals surface area contributed by atoms with Gasteiger partial charge >= 0.3 is 11.9 Å². The van der Waals surface area contributed by atoms with Gasteiger partial charge in [-0.05, 0) is 34.7 Å². The van der Waals surface area contributed by atoms with E-state index in [-0.39, 0.29) is 13.2 Å². The molecule has 0 fully saturated rings. The fraction of sp³-hybridized carbons (Fsp3) is 0.250. The van der Waals surface area contributed by atoms with Crippen molar-refractivity contribution in [2.24, 2.45) is 5.92 Å². The zero-order valence-electron chi connectivity index (χ0n) is 16.2. The molecule has 146 valence electrons. The quantitative estimate of drug-likeness (QED) is 0.422. The van der Waals surface area contributed by atoms with Crippen LogP contribution in [0, 0.1) is 5.92 Å². The van der Waals surface area contributed by atoms with Gasteiger partial charge in [-0.3, -0.25) is 9.59 Å². The van der Waals surface area contributed by atoms with Crippen LogP contribution < -0.4 is 0 Å². The summed E-state index contributed by atoms with van der Waals surface area (Å²) < 4.78 is 10.7. The Labute approximate surface area is 166 Å². The molecule has 0 spiro atoms. The Bertz CT molecular complexity index is 821. The van der Waals surface area contributed by atoms with Gasteiger partial charge in [0.05, 0.1) is 0 Å². The van der Waals surface area contributed by atoms with Crippen molar-refractivity contribution in [3.8, 4) is 0 Å². The lowest BCUT2D eigenvalue weighted by molar-refractivity contribution is -0.164. The SMILES string of the molecule is C=Cc1ccc(COC(=O)C(CCC)C(=O)OCc2cccc(C=C)c2)cc1. The first-order chi connectivity index (χ1) is 13.6. The summed E-state index contributed by atoms with van der Waals surface area (Å²) in [6.07, 6.45) is 4.53. The van der Waals surface area contributed by atoms with Crippen LogP contribution in [0.3, 0.4) is 0 Å². The zero-order valence-corrected chi connectivity index (χ0v) is 16.2. The smallest absolute Gasteiger partial charge is 0.320 e. The number of rotatable bonds is 10. The summed E-state index contributed by atoms with van der Waals surface area (Å²) >= 11 is 0. The van der Waals surface area contributed by atoms with E-state index in [1.165, 1.54) is 0 Å². The highest BCUT2D eigenvalue weighted by Crippen LogP contribution is 2.15. The van der Waals surface area contributed by atoms with E-state index in [2.05, 4.69) is 13.2 Å². The molecule has 1 atom stereocenters. The highest BCUT2D eigenvalue weighted by molar-refractivity contribution is 5.94. The van der Waals surface area contributed by atoms with Crippen LogP contribution in [-0.4, -0.2) is 11.9 Å². The molecule has 0 saturated heterocycles. The van der Waals surface area contributed by atoms with Crippen LogP contribution in [0.1, 0.15) is 42.0 Å². The minimum Gasteiger partial charge on any atom is -0.460 e. The zero-order chi connectivity index (χ0) is 20.4. The van der Waals surface area contributed by atoms with Crippen LogP contribution >= 0.6 is 0 Å². The monoisotopic (exact) mass is 378 g/mol. The Morgan fingerprint density at radius 1 is 0.893 bits per heavy atom. The molecule has 2 aromatic carbocycles. The Balaban J connectivity index is 1.93. The molecular formula is C24H26O4. The van der Waals surface area contributed by atoms with Gasteiger partial charge < -0.3 is 9.47 Å². The van der Waals surface area contributed by atoms with E-state index in [1.54, 1.807) is 12.2 Å². The van der Waals surface area contributed by atoms with Crippen LogP contribution in [-0.2, 0) is 32.3 Å². The molecule has 0 bridgehead atoms. The highest BCUT2D eigenvalue weighted by atomic mass is 16.6. The number of esters is 2. The Morgan fingerprint density at radius 2 is 1.50 bits per heavy atom. The van der Waals surface area contributed by atoms with Crippen molar-refractivity contribution in [3.63, 3.8) is 0 Å². The molecule has 0 N–H and O–H groups in total. The van der Waals surface area contributed by atoms with Crippen molar-refractivity contribution in [1.29, 1.82) is 0 Å². The molecule has 0 amide bonds. The summed E-state index contributed by atoms with van der Waals surface area (Å²) in [6, 6.07) is 15.1. The maximum Gasteiger partial charge on any atom is 0.320 e. The summed E-state index contributed by atoms with van der Waals surface area (Å²) in [4.78, 5) is 24.9. The lowest BCUT2D eigenvalue weighted by atomic mass is 10.0. The lowest BCUT2D eigenvalue weighted by Crippen LogP contribution is -2.27. The Hall–Kier alpha value is -3.14. The largest absolute Gasteiger partial charge is 0.460 e. The molecule has 28 heavy (non-hydrogen) atoms. The minimum absolute atomic E-state index is 0.108. The standard InChI is InChI=1S/C24H26O4/c1-4-8-22(23(25)27-16-20-13-11-18(5-2)12-14-20)24(26)28-17-21-10-7-9-19(6-3)15-21/h5-7,9-15,22H,2-4,8,16-17H2,1H3. The van der Waals surface area contributed by atoms with Gasteiger partial charge in [0, 0.05) is 0 Å². The number of hydrogen-bond acceptors (Lipinski definition) is 4. The van der Waals surface area contributed by atoms with Gasteiger partial charge in [-0.2, -0.15) is 0 Å². The van der Waals surface area contributed by atoms with Gasteiger partial charge in [0.25, 0.3) is 0 Å². The summed E-state index contributed by atoms with van der Waals surface area (Å²) in [7, 11) is 0.